The van der Waals surface area contributed by atoms with E-state index in [0.29, 0.717) is 52.0 Å². The van der Waals surface area contributed by atoms with E-state index in [2.05, 4.69) is 26.5 Å². The normalized spacial score (nSPS) is 23.1. The molecule has 3 aromatic carbocycles. The zero-order valence-corrected chi connectivity index (χ0v) is 30.6. The number of benzene rings is 3. The van der Waals surface area contributed by atoms with Crippen molar-refractivity contribution in [3.63, 3.8) is 0 Å². The molecule has 12 nitrogen and oxygen atoms in total. The van der Waals surface area contributed by atoms with Crippen molar-refractivity contribution in [1.29, 1.82) is 5.26 Å². The molecule has 1 unspecified atom stereocenters. The lowest BCUT2D eigenvalue weighted by atomic mass is 9.92. The molecule has 2 N–H and O–H groups in total. The van der Waals surface area contributed by atoms with Gasteiger partial charge in [-0.1, -0.05) is 11.6 Å². The summed E-state index contributed by atoms with van der Waals surface area (Å²) >= 11 is 6.15. The molecule has 1 atom stereocenters. The van der Waals surface area contributed by atoms with Crippen LogP contribution in [-0.2, 0) is 22.7 Å². The highest BCUT2D eigenvalue weighted by Crippen LogP contribution is 2.35. The molecule has 4 heterocycles. The fourth-order valence-electron chi connectivity index (χ4n) is 8.58. The summed E-state index contributed by atoms with van der Waals surface area (Å²) in [6, 6.07) is 17.8. The highest BCUT2D eigenvalue weighted by Gasteiger charge is 2.45. The van der Waals surface area contributed by atoms with Crippen molar-refractivity contribution in [3.8, 4) is 11.8 Å². The lowest BCUT2D eigenvalue weighted by Gasteiger charge is -2.35. The van der Waals surface area contributed by atoms with Gasteiger partial charge >= 0.3 is 0 Å². The van der Waals surface area contributed by atoms with Crippen molar-refractivity contribution in [2.75, 3.05) is 24.5 Å². The Morgan fingerprint density at radius 2 is 1.54 bits per heavy atom. The van der Waals surface area contributed by atoms with Gasteiger partial charge < -0.3 is 15.0 Å². The van der Waals surface area contributed by atoms with Crippen molar-refractivity contribution >= 4 is 46.8 Å². The van der Waals surface area contributed by atoms with Crippen LogP contribution in [0, 0.1) is 17.2 Å². The molecule has 2 saturated heterocycles. The number of fused-ring (bicyclic) bond motifs is 2. The number of rotatable bonds is 8. The number of piperidine rings is 2. The number of imide groups is 2. The predicted molar refractivity (Wildman–Crippen MR) is 199 cm³/mol. The minimum atomic E-state index is -0.961. The van der Waals surface area contributed by atoms with E-state index in [1.807, 2.05) is 36.4 Å². The number of hydrogen-bond donors (Lipinski definition) is 2. The highest BCUT2D eigenvalue weighted by molar-refractivity contribution is 6.31. The molecule has 4 aliphatic heterocycles. The Labute approximate surface area is 318 Å². The van der Waals surface area contributed by atoms with Crippen molar-refractivity contribution in [2.24, 2.45) is 5.92 Å². The fraction of sp³-hybridized carbons (Fsp3) is 0.415. The molecule has 8 rings (SSSR count). The first-order valence-electron chi connectivity index (χ1n) is 18.8. The standard InChI is InChI=1S/C41H41ClN6O6/c42-35-19-32(8-3-26(35)20-43)54-31-9-4-29(5-10-31)44-38(50)25-1-6-30(7-2-25)47-15-13-24(14-16-47)21-46-22-27-17-33-34(18-28(27)23-46)41(53)48(40(33)52)36-11-12-37(49)45-39(36)51/h1-3,6-8,17-19,24,29,31,36H,4-5,9-16,21-23H2,(H,44,50)(H,45,49,51)/t29-,31-,36?. The Bertz CT molecular complexity index is 2020. The third kappa shape index (κ3) is 7.18. The molecule has 278 valence electrons. The van der Waals surface area contributed by atoms with Gasteiger partial charge in [0.1, 0.15) is 17.9 Å². The second kappa shape index (κ2) is 14.9. The van der Waals surface area contributed by atoms with Crippen LogP contribution in [0.3, 0.4) is 0 Å². The number of amides is 5. The quantitative estimate of drug-likeness (QED) is 0.305. The lowest BCUT2D eigenvalue weighted by Crippen LogP contribution is -2.54. The average Bonchev–Trinajstić information content (AvgIpc) is 3.67. The summed E-state index contributed by atoms with van der Waals surface area (Å²) in [5, 5.41) is 14.9. The summed E-state index contributed by atoms with van der Waals surface area (Å²) in [7, 11) is 0. The van der Waals surface area contributed by atoms with Gasteiger partial charge in [-0.25, -0.2) is 0 Å². The smallest absolute Gasteiger partial charge is 0.262 e. The van der Waals surface area contributed by atoms with Gasteiger partial charge in [-0.2, -0.15) is 5.26 Å². The Hall–Kier alpha value is -5.25. The van der Waals surface area contributed by atoms with Crippen molar-refractivity contribution < 1.29 is 28.7 Å². The number of nitrogens with one attached hydrogen (secondary N) is 2. The topological polar surface area (TPSA) is 152 Å². The van der Waals surface area contributed by atoms with Crippen LogP contribution < -0.4 is 20.3 Å². The predicted octanol–water partition coefficient (Wildman–Crippen LogP) is 4.97. The first-order valence-corrected chi connectivity index (χ1v) is 19.1. The Balaban J connectivity index is 0.780. The Morgan fingerprint density at radius 3 is 2.15 bits per heavy atom. The molecular weight excluding hydrogens is 708 g/mol. The Kier molecular flexibility index (Phi) is 9.85. The van der Waals surface area contributed by atoms with Crippen LogP contribution in [0.15, 0.2) is 54.6 Å². The molecule has 1 saturated carbocycles. The van der Waals surface area contributed by atoms with Gasteiger partial charge in [-0.3, -0.25) is 39.1 Å². The number of carbonyl (C=O) groups excluding carboxylic acids is 5. The summed E-state index contributed by atoms with van der Waals surface area (Å²) < 4.78 is 6.09. The van der Waals surface area contributed by atoms with Crippen LogP contribution in [0.4, 0.5) is 5.69 Å². The summed E-state index contributed by atoms with van der Waals surface area (Å²) in [4.78, 5) is 69.4. The van der Waals surface area contributed by atoms with Gasteiger partial charge in [-0.05, 0) is 111 Å². The molecule has 3 fully saturated rings. The third-order valence-electron chi connectivity index (χ3n) is 11.5. The number of nitriles is 1. The maximum Gasteiger partial charge on any atom is 0.262 e. The SMILES string of the molecule is N#Cc1ccc(O[C@H]2CC[C@H](NC(=O)c3ccc(N4CCC(CN5Cc6cc7c(cc6C5)C(=O)N(C5CCC(=O)NC5=O)C7=O)CC4)cc3)CC2)cc1Cl. The molecular formula is C41H41ClN6O6. The van der Waals surface area contributed by atoms with Crippen molar-refractivity contribution in [2.45, 2.75) is 82.6 Å². The monoisotopic (exact) mass is 748 g/mol. The van der Waals surface area contributed by atoms with Gasteiger partial charge in [0.25, 0.3) is 17.7 Å². The minimum absolute atomic E-state index is 0.0404. The van der Waals surface area contributed by atoms with Crippen molar-refractivity contribution in [1.82, 2.24) is 20.4 Å². The molecule has 54 heavy (non-hydrogen) atoms. The number of halogens is 1. The van der Waals surface area contributed by atoms with Gasteiger partial charge in [0.2, 0.25) is 11.8 Å². The molecule has 0 spiro atoms. The third-order valence-corrected chi connectivity index (χ3v) is 11.9. The number of hydrogen-bond acceptors (Lipinski definition) is 9. The number of ether oxygens (including phenoxy) is 1. The van der Waals surface area contributed by atoms with Gasteiger partial charge in [0.15, 0.2) is 0 Å². The number of carbonyl (C=O) groups is 5. The summed E-state index contributed by atoms with van der Waals surface area (Å²) in [5.74, 6) is -0.827. The van der Waals surface area contributed by atoms with E-state index in [9.17, 15) is 24.0 Å². The van der Waals surface area contributed by atoms with Gasteiger partial charge in [0.05, 0.1) is 27.8 Å². The lowest BCUT2D eigenvalue weighted by molar-refractivity contribution is -0.136. The molecule has 5 amide bonds. The van der Waals surface area contributed by atoms with Crippen LogP contribution in [0.25, 0.3) is 0 Å². The summed E-state index contributed by atoms with van der Waals surface area (Å²) in [6.07, 6.45) is 5.64. The van der Waals surface area contributed by atoms with Crippen LogP contribution >= 0.6 is 11.6 Å². The first kappa shape index (κ1) is 35.8. The number of nitrogens with zero attached hydrogens (tertiary/aromatic N) is 4. The Morgan fingerprint density at radius 1 is 0.870 bits per heavy atom. The molecule has 5 aliphatic rings. The molecule has 1 aliphatic carbocycles. The summed E-state index contributed by atoms with van der Waals surface area (Å²) in [6.45, 7) is 4.17. The van der Waals surface area contributed by atoms with E-state index < -0.39 is 23.8 Å². The van der Waals surface area contributed by atoms with E-state index in [0.717, 1.165) is 79.9 Å². The second-order valence-electron chi connectivity index (χ2n) is 15.1. The maximum absolute atomic E-state index is 13.3. The number of anilines is 1. The zero-order valence-electron chi connectivity index (χ0n) is 29.8. The second-order valence-corrected chi connectivity index (χ2v) is 15.5. The maximum atomic E-state index is 13.3. The largest absolute Gasteiger partial charge is 0.490 e. The van der Waals surface area contributed by atoms with Crippen LogP contribution in [0.5, 0.6) is 5.75 Å². The van der Waals surface area contributed by atoms with Crippen LogP contribution in [0.2, 0.25) is 5.02 Å². The summed E-state index contributed by atoms with van der Waals surface area (Å²) in [5.41, 5.74) is 4.92. The molecule has 0 radical (unpaired) electrons. The average molecular weight is 749 g/mol. The van der Waals surface area contributed by atoms with Crippen LogP contribution in [0.1, 0.15) is 99.1 Å². The van der Waals surface area contributed by atoms with Crippen molar-refractivity contribution in [3.05, 3.63) is 93.0 Å². The first-order chi connectivity index (χ1) is 26.1. The molecule has 3 aromatic rings. The fourth-order valence-corrected chi connectivity index (χ4v) is 8.79. The minimum Gasteiger partial charge on any atom is -0.490 e. The van der Waals surface area contributed by atoms with E-state index in [-0.39, 0.29) is 36.8 Å². The van der Waals surface area contributed by atoms with E-state index in [1.54, 1.807) is 18.2 Å². The van der Waals surface area contributed by atoms with E-state index >= 15 is 0 Å². The molecule has 13 heteroatoms. The van der Waals surface area contributed by atoms with E-state index in [4.69, 9.17) is 21.6 Å². The van der Waals surface area contributed by atoms with Gasteiger partial charge in [-0.15, -0.1) is 0 Å². The highest BCUT2D eigenvalue weighted by atomic mass is 35.5. The molecule has 0 bridgehead atoms. The van der Waals surface area contributed by atoms with Crippen LogP contribution in [-0.4, -0.2) is 77.2 Å². The molecule has 0 aromatic heterocycles. The van der Waals surface area contributed by atoms with E-state index in [1.165, 1.54) is 0 Å². The van der Waals surface area contributed by atoms with Gasteiger partial charge in [0, 0.05) is 62.5 Å². The zero-order chi connectivity index (χ0) is 37.5.